The van der Waals surface area contributed by atoms with Crippen molar-refractivity contribution >= 4 is 12.0 Å². The van der Waals surface area contributed by atoms with Crippen LogP contribution in [0.5, 0.6) is 0 Å². The fourth-order valence-corrected chi connectivity index (χ4v) is 2.28. The predicted octanol–water partition coefficient (Wildman–Crippen LogP) is 1.68. The molecule has 21 heavy (non-hydrogen) atoms. The second-order valence-electron chi connectivity index (χ2n) is 5.23. The molecule has 0 bridgehead atoms. The second-order valence-corrected chi connectivity index (χ2v) is 5.23. The third-order valence-corrected chi connectivity index (χ3v) is 3.56. The highest BCUT2D eigenvalue weighted by Gasteiger charge is 2.40. The van der Waals surface area contributed by atoms with Crippen LogP contribution in [0.25, 0.3) is 0 Å². The number of hydrogen-bond donors (Lipinski definition) is 1. The molecule has 2 fully saturated rings. The number of benzene rings is 1. The maximum Gasteiger partial charge on any atom is 0.410 e. The molecule has 1 aliphatic carbocycles. The summed E-state index contributed by atoms with van der Waals surface area (Å²) >= 11 is 0. The van der Waals surface area contributed by atoms with Crippen LogP contribution >= 0.6 is 0 Å². The Morgan fingerprint density at radius 3 is 2.76 bits per heavy atom. The van der Waals surface area contributed by atoms with E-state index in [0.29, 0.717) is 6.54 Å². The summed E-state index contributed by atoms with van der Waals surface area (Å²) in [4.78, 5) is 25.0. The molecule has 0 radical (unpaired) electrons. The van der Waals surface area contributed by atoms with Crippen molar-refractivity contribution in [2.24, 2.45) is 0 Å². The van der Waals surface area contributed by atoms with Gasteiger partial charge in [-0.25, -0.2) is 13.6 Å². The predicted molar refractivity (Wildman–Crippen MR) is 68.7 cm³/mol. The molecule has 0 aromatic heterocycles. The van der Waals surface area contributed by atoms with Gasteiger partial charge in [-0.05, 0) is 31.0 Å². The quantitative estimate of drug-likeness (QED) is 0.919. The molecule has 1 unspecified atom stereocenters. The highest BCUT2D eigenvalue weighted by atomic mass is 19.2. The zero-order valence-corrected chi connectivity index (χ0v) is 11.1. The average Bonchev–Trinajstić information content (AvgIpc) is 3.23. The van der Waals surface area contributed by atoms with Crippen LogP contribution in [0.3, 0.4) is 0 Å². The molecule has 1 aromatic carbocycles. The Hall–Kier alpha value is -2.18. The molecule has 2 aliphatic rings. The van der Waals surface area contributed by atoms with E-state index in [1.807, 2.05) is 0 Å². The molecule has 0 spiro atoms. The van der Waals surface area contributed by atoms with E-state index >= 15 is 0 Å². The minimum absolute atomic E-state index is 0.0253. The van der Waals surface area contributed by atoms with Crippen LogP contribution in [-0.2, 0) is 4.74 Å². The maximum atomic E-state index is 13.0. The minimum atomic E-state index is -1.07. The van der Waals surface area contributed by atoms with Crippen molar-refractivity contribution in [3.8, 4) is 0 Å². The summed E-state index contributed by atoms with van der Waals surface area (Å²) in [6, 6.07) is 3.20. The largest absolute Gasteiger partial charge is 0.442 e. The first kappa shape index (κ1) is 13.8. The summed E-state index contributed by atoms with van der Waals surface area (Å²) < 4.78 is 31.0. The number of hydrogen-bond acceptors (Lipinski definition) is 3. The van der Waals surface area contributed by atoms with Crippen molar-refractivity contribution in [1.29, 1.82) is 0 Å². The molecule has 1 atom stereocenters. The lowest BCUT2D eigenvalue weighted by Gasteiger charge is -2.11. The highest BCUT2D eigenvalue weighted by Crippen LogP contribution is 2.30. The van der Waals surface area contributed by atoms with Crippen LogP contribution in [0, 0.1) is 11.6 Å². The lowest BCUT2D eigenvalue weighted by atomic mass is 10.2. The summed E-state index contributed by atoms with van der Waals surface area (Å²) in [7, 11) is 0. The number of nitrogens with one attached hydrogen (secondary N) is 1. The first-order chi connectivity index (χ1) is 10.0. The molecule has 1 aromatic rings. The Labute approximate surface area is 119 Å². The number of nitrogens with zero attached hydrogens (tertiary/aromatic N) is 1. The highest BCUT2D eigenvalue weighted by molar-refractivity contribution is 5.94. The zero-order valence-electron chi connectivity index (χ0n) is 11.1. The molecule has 1 N–H and O–H groups in total. The summed E-state index contributed by atoms with van der Waals surface area (Å²) in [5, 5.41) is 2.56. The SMILES string of the molecule is O=C(NCC1CN(C2CC2)C(=O)O1)c1ccc(F)c(F)c1. The van der Waals surface area contributed by atoms with Gasteiger partial charge in [-0.3, -0.25) is 4.79 Å². The van der Waals surface area contributed by atoms with Gasteiger partial charge in [0.2, 0.25) is 0 Å². The number of halogens is 2. The number of carbonyl (C=O) groups is 2. The van der Waals surface area contributed by atoms with Gasteiger partial charge in [0, 0.05) is 11.6 Å². The van der Waals surface area contributed by atoms with Crippen LogP contribution in [0.1, 0.15) is 23.2 Å². The molecular formula is C14H14F2N2O3. The van der Waals surface area contributed by atoms with Crippen molar-refractivity contribution in [3.63, 3.8) is 0 Å². The van der Waals surface area contributed by atoms with E-state index in [1.54, 1.807) is 4.90 Å². The number of amides is 2. The molecule has 7 heteroatoms. The van der Waals surface area contributed by atoms with Gasteiger partial charge < -0.3 is 15.0 Å². The molecule has 1 aliphatic heterocycles. The molecule has 2 amide bonds. The van der Waals surface area contributed by atoms with Crippen molar-refractivity contribution in [1.82, 2.24) is 10.2 Å². The van der Waals surface area contributed by atoms with Crippen LogP contribution in [0.15, 0.2) is 18.2 Å². The number of carbonyl (C=O) groups excluding carboxylic acids is 2. The van der Waals surface area contributed by atoms with Gasteiger partial charge in [-0.1, -0.05) is 0 Å². The van der Waals surface area contributed by atoms with Gasteiger partial charge in [-0.2, -0.15) is 0 Å². The van der Waals surface area contributed by atoms with Crippen LogP contribution < -0.4 is 5.32 Å². The molecule has 1 saturated heterocycles. The number of cyclic esters (lactones) is 1. The van der Waals surface area contributed by atoms with E-state index < -0.39 is 23.6 Å². The summed E-state index contributed by atoms with van der Waals surface area (Å²) in [6.45, 7) is 0.592. The van der Waals surface area contributed by atoms with E-state index in [4.69, 9.17) is 4.74 Å². The van der Waals surface area contributed by atoms with Crippen molar-refractivity contribution < 1.29 is 23.1 Å². The van der Waals surface area contributed by atoms with Gasteiger partial charge in [0.15, 0.2) is 11.6 Å². The lowest BCUT2D eigenvalue weighted by molar-refractivity contribution is 0.0914. The van der Waals surface area contributed by atoms with Gasteiger partial charge >= 0.3 is 6.09 Å². The van der Waals surface area contributed by atoms with Crippen molar-refractivity contribution in [3.05, 3.63) is 35.4 Å². The van der Waals surface area contributed by atoms with Crippen molar-refractivity contribution in [2.45, 2.75) is 25.0 Å². The summed E-state index contributed by atoms with van der Waals surface area (Å²) in [5.41, 5.74) is 0.0253. The van der Waals surface area contributed by atoms with Crippen LogP contribution in [0.4, 0.5) is 13.6 Å². The Bertz CT molecular complexity index is 590. The molecule has 5 nitrogen and oxygen atoms in total. The first-order valence-electron chi connectivity index (χ1n) is 6.75. The number of rotatable bonds is 4. The van der Waals surface area contributed by atoms with Crippen LogP contribution in [-0.4, -0.2) is 42.1 Å². The normalized spacial score (nSPS) is 21.3. The average molecular weight is 296 g/mol. The monoisotopic (exact) mass is 296 g/mol. The van der Waals surface area contributed by atoms with E-state index in [9.17, 15) is 18.4 Å². The third-order valence-electron chi connectivity index (χ3n) is 3.56. The van der Waals surface area contributed by atoms with E-state index in [2.05, 4.69) is 5.32 Å². The molecular weight excluding hydrogens is 282 g/mol. The molecule has 1 heterocycles. The smallest absolute Gasteiger partial charge is 0.410 e. The Kier molecular flexibility index (Phi) is 3.48. The van der Waals surface area contributed by atoms with Gasteiger partial charge in [0.25, 0.3) is 5.91 Å². The Balaban J connectivity index is 1.54. The molecule has 112 valence electrons. The van der Waals surface area contributed by atoms with E-state index in [1.165, 1.54) is 6.07 Å². The lowest BCUT2D eigenvalue weighted by Crippen LogP contribution is -2.35. The van der Waals surface area contributed by atoms with Crippen molar-refractivity contribution in [2.75, 3.05) is 13.1 Å². The van der Waals surface area contributed by atoms with Crippen LogP contribution in [0.2, 0.25) is 0 Å². The minimum Gasteiger partial charge on any atom is -0.442 e. The standard InChI is InChI=1S/C14H14F2N2O3/c15-11-4-1-8(5-12(11)16)13(19)17-6-10-7-18(9-2-3-9)14(20)21-10/h1,4-5,9-10H,2-3,6-7H2,(H,17,19). The topological polar surface area (TPSA) is 58.6 Å². The van der Waals surface area contributed by atoms with Gasteiger partial charge in [0.1, 0.15) is 6.10 Å². The summed E-state index contributed by atoms with van der Waals surface area (Å²) in [6.07, 6.45) is 1.21. The van der Waals surface area contributed by atoms with E-state index in [0.717, 1.165) is 25.0 Å². The zero-order chi connectivity index (χ0) is 15.0. The van der Waals surface area contributed by atoms with Gasteiger partial charge in [0.05, 0.1) is 13.1 Å². The first-order valence-corrected chi connectivity index (χ1v) is 6.75. The van der Waals surface area contributed by atoms with E-state index in [-0.39, 0.29) is 24.2 Å². The fraction of sp³-hybridized carbons (Fsp3) is 0.429. The second kappa shape index (κ2) is 5.31. The number of ether oxygens (including phenoxy) is 1. The van der Waals surface area contributed by atoms with Gasteiger partial charge in [-0.15, -0.1) is 0 Å². The molecule has 3 rings (SSSR count). The third kappa shape index (κ3) is 2.96. The maximum absolute atomic E-state index is 13.0. The summed E-state index contributed by atoms with van der Waals surface area (Å²) in [5.74, 6) is -2.61. The Morgan fingerprint density at radius 2 is 2.10 bits per heavy atom. The molecule has 1 saturated carbocycles. The Morgan fingerprint density at radius 1 is 1.33 bits per heavy atom. The fourth-order valence-electron chi connectivity index (χ4n) is 2.28.